The molecule has 0 saturated carbocycles. The topological polar surface area (TPSA) is 75.8 Å². The number of primary amides is 1. The largest absolute Gasteiger partial charge is 0.490 e. The first kappa shape index (κ1) is 15.3. The normalized spacial score (nSPS) is 26.3. The van der Waals surface area contributed by atoms with Gasteiger partial charge >= 0.3 is 0 Å². The number of piperidine rings is 1. The van der Waals surface area contributed by atoms with Gasteiger partial charge in [0.25, 0.3) is 0 Å². The lowest BCUT2D eigenvalue weighted by Gasteiger charge is -2.41. The van der Waals surface area contributed by atoms with Crippen LogP contribution >= 0.6 is 0 Å². The van der Waals surface area contributed by atoms with E-state index in [2.05, 4.69) is 24.0 Å². The number of rotatable bonds is 3. The van der Waals surface area contributed by atoms with Gasteiger partial charge in [0.15, 0.2) is 0 Å². The molecule has 2 aliphatic heterocycles. The van der Waals surface area contributed by atoms with Gasteiger partial charge in [-0.1, -0.05) is 19.1 Å². The van der Waals surface area contributed by atoms with Crippen molar-refractivity contribution in [2.24, 2.45) is 11.7 Å². The fraction of sp³-hybridized carbons (Fsp3) is 0.588. The molecule has 1 aromatic rings. The summed E-state index contributed by atoms with van der Waals surface area (Å²) in [4.78, 5) is 13.6. The molecule has 5 nitrogen and oxygen atoms in total. The molecule has 2 aliphatic rings. The van der Waals surface area contributed by atoms with E-state index in [-0.39, 0.29) is 17.9 Å². The molecule has 0 spiro atoms. The van der Waals surface area contributed by atoms with Crippen molar-refractivity contribution in [3.05, 3.63) is 29.3 Å². The van der Waals surface area contributed by atoms with Crippen molar-refractivity contribution >= 4 is 5.91 Å². The molecule has 0 aromatic heterocycles. The number of hydrogen-bond acceptors (Lipinski definition) is 4. The van der Waals surface area contributed by atoms with Crippen molar-refractivity contribution in [1.29, 1.82) is 0 Å². The van der Waals surface area contributed by atoms with Crippen LogP contribution in [0, 0.1) is 5.92 Å². The van der Waals surface area contributed by atoms with Gasteiger partial charge in [-0.3, -0.25) is 9.69 Å². The summed E-state index contributed by atoms with van der Waals surface area (Å²) in [5.74, 6) is 0.625. The molecule has 120 valence electrons. The fourth-order valence-corrected chi connectivity index (χ4v) is 3.56. The minimum absolute atomic E-state index is 0.0327. The van der Waals surface area contributed by atoms with Crippen LogP contribution < -0.4 is 10.5 Å². The van der Waals surface area contributed by atoms with Crippen LogP contribution in [0.5, 0.6) is 5.75 Å². The Balaban J connectivity index is 1.83. The van der Waals surface area contributed by atoms with E-state index in [1.54, 1.807) is 0 Å². The number of carbonyl (C=O) groups excluding carboxylic acids is 1. The number of likely N-dealkylation sites (tertiary alicyclic amines) is 1. The highest BCUT2D eigenvalue weighted by molar-refractivity contribution is 5.76. The molecule has 2 heterocycles. The van der Waals surface area contributed by atoms with Gasteiger partial charge in [-0.2, -0.15) is 0 Å². The Kier molecular flexibility index (Phi) is 4.36. The molecule has 1 fully saturated rings. The third-order valence-corrected chi connectivity index (χ3v) is 4.90. The molecular formula is C17H24N2O3. The summed E-state index contributed by atoms with van der Waals surface area (Å²) in [6, 6.07) is 6.17. The molecule has 0 bridgehead atoms. The van der Waals surface area contributed by atoms with E-state index in [9.17, 15) is 9.90 Å². The first-order chi connectivity index (χ1) is 10.6. The summed E-state index contributed by atoms with van der Waals surface area (Å²) >= 11 is 0. The number of amides is 1. The number of ether oxygens (including phenoxy) is 1. The van der Waals surface area contributed by atoms with Crippen LogP contribution in [-0.2, 0) is 11.2 Å². The van der Waals surface area contributed by atoms with E-state index in [1.165, 1.54) is 5.56 Å². The lowest BCUT2D eigenvalue weighted by Crippen LogP contribution is -2.47. The number of aryl methyl sites for hydroxylation is 1. The Hall–Kier alpha value is -1.59. The van der Waals surface area contributed by atoms with E-state index in [1.807, 2.05) is 6.07 Å². The summed E-state index contributed by atoms with van der Waals surface area (Å²) in [5.41, 5.74) is 7.72. The molecule has 1 aromatic carbocycles. The van der Waals surface area contributed by atoms with E-state index >= 15 is 0 Å². The zero-order chi connectivity index (χ0) is 15.7. The van der Waals surface area contributed by atoms with Gasteiger partial charge < -0.3 is 15.6 Å². The Morgan fingerprint density at radius 3 is 2.77 bits per heavy atom. The van der Waals surface area contributed by atoms with Gasteiger partial charge in [-0.15, -0.1) is 0 Å². The quantitative estimate of drug-likeness (QED) is 0.881. The molecule has 0 aliphatic carbocycles. The maximum absolute atomic E-state index is 11.3. The molecule has 1 saturated heterocycles. The molecule has 5 heteroatoms. The van der Waals surface area contributed by atoms with Crippen molar-refractivity contribution in [3.8, 4) is 5.75 Å². The number of hydrogen-bond donors (Lipinski definition) is 2. The van der Waals surface area contributed by atoms with Gasteiger partial charge in [-0.05, 0) is 44.0 Å². The Morgan fingerprint density at radius 2 is 2.14 bits per heavy atom. The highest BCUT2D eigenvalue weighted by atomic mass is 16.5. The van der Waals surface area contributed by atoms with Gasteiger partial charge in [-0.25, -0.2) is 0 Å². The lowest BCUT2D eigenvalue weighted by atomic mass is 9.90. The number of benzene rings is 1. The first-order valence-electron chi connectivity index (χ1n) is 8.07. The van der Waals surface area contributed by atoms with E-state index in [0.29, 0.717) is 6.61 Å². The van der Waals surface area contributed by atoms with Crippen LogP contribution in [0.3, 0.4) is 0 Å². The Bertz CT molecular complexity index is 553. The third-order valence-electron chi connectivity index (χ3n) is 4.90. The van der Waals surface area contributed by atoms with Crippen LogP contribution in [0.15, 0.2) is 18.2 Å². The average Bonchev–Trinajstić information content (AvgIpc) is 2.54. The molecule has 3 N–H and O–H groups in total. The molecular weight excluding hydrogens is 280 g/mol. The maximum atomic E-state index is 11.3. The van der Waals surface area contributed by atoms with Gasteiger partial charge in [0.2, 0.25) is 5.91 Å². The second kappa shape index (κ2) is 6.26. The fourth-order valence-electron chi connectivity index (χ4n) is 3.56. The summed E-state index contributed by atoms with van der Waals surface area (Å²) in [6.45, 7) is 4.00. The van der Waals surface area contributed by atoms with Gasteiger partial charge in [0.05, 0.1) is 6.04 Å². The SMILES string of the molecule is CCc1ccc2c(c1)C(N1CCC(C(N)=O)CC1)C(O)CO2. The third kappa shape index (κ3) is 2.83. The van der Waals surface area contributed by atoms with E-state index in [4.69, 9.17) is 10.5 Å². The molecule has 0 radical (unpaired) electrons. The van der Waals surface area contributed by atoms with Crippen LogP contribution in [0.4, 0.5) is 0 Å². The molecule has 2 unspecified atom stereocenters. The number of fused-ring (bicyclic) bond motifs is 1. The van der Waals surface area contributed by atoms with E-state index < -0.39 is 6.10 Å². The van der Waals surface area contributed by atoms with Crippen LogP contribution in [-0.4, -0.2) is 41.7 Å². The maximum Gasteiger partial charge on any atom is 0.220 e. The summed E-state index contributed by atoms with van der Waals surface area (Å²) in [5, 5.41) is 10.4. The summed E-state index contributed by atoms with van der Waals surface area (Å²) in [7, 11) is 0. The second-order valence-corrected chi connectivity index (χ2v) is 6.26. The van der Waals surface area contributed by atoms with Gasteiger partial charge in [0, 0.05) is 11.5 Å². The number of nitrogens with two attached hydrogens (primary N) is 1. The van der Waals surface area contributed by atoms with Crippen LogP contribution in [0.2, 0.25) is 0 Å². The highest BCUT2D eigenvalue weighted by Gasteiger charge is 2.36. The van der Waals surface area contributed by atoms with Gasteiger partial charge in [0.1, 0.15) is 18.5 Å². The smallest absolute Gasteiger partial charge is 0.220 e. The predicted octanol–water partition coefficient (Wildman–Crippen LogP) is 1.24. The number of aliphatic hydroxyl groups excluding tert-OH is 1. The molecule has 2 atom stereocenters. The zero-order valence-electron chi connectivity index (χ0n) is 13.0. The Morgan fingerprint density at radius 1 is 1.41 bits per heavy atom. The van der Waals surface area contributed by atoms with Crippen molar-refractivity contribution in [2.45, 2.75) is 38.3 Å². The minimum Gasteiger partial charge on any atom is -0.490 e. The van der Waals surface area contributed by atoms with Crippen molar-refractivity contribution in [1.82, 2.24) is 4.90 Å². The van der Waals surface area contributed by atoms with Crippen molar-refractivity contribution in [2.75, 3.05) is 19.7 Å². The molecule has 22 heavy (non-hydrogen) atoms. The zero-order valence-corrected chi connectivity index (χ0v) is 13.0. The summed E-state index contributed by atoms with van der Waals surface area (Å²) in [6.07, 6.45) is 1.95. The molecule has 1 amide bonds. The first-order valence-corrected chi connectivity index (χ1v) is 8.07. The highest BCUT2D eigenvalue weighted by Crippen LogP contribution is 2.38. The number of aliphatic hydroxyl groups is 1. The van der Waals surface area contributed by atoms with Crippen LogP contribution in [0.1, 0.15) is 36.9 Å². The van der Waals surface area contributed by atoms with Crippen molar-refractivity contribution in [3.63, 3.8) is 0 Å². The average molecular weight is 304 g/mol. The number of nitrogens with zero attached hydrogens (tertiary/aromatic N) is 1. The standard InChI is InChI=1S/C17H24N2O3/c1-2-11-3-4-15-13(9-11)16(14(20)10-22-15)19-7-5-12(6-8-19)17(18)21/h3-4,9,12,14,16,20H,2,5-8,10H2,1H3,(H2,18,21). The number of carbonyl (C=O) groups is 1. The lowest BCUT2D eigenvalue weighted by molar-refractivity contribution is -0.123. The van der Waals surface area contributed by atoms with Crippen LogP contribution in [0.25, 0.3) is 0 Å². The minimum atomic E-state index is -0.537. The molecule has 3 rings (SSSR count). The van der Waals surface area contributed by atoms with E-state index in [0.717, 1.165) is 43.7 Å². The Labute approximate surface area is 131 Å². The predicted molar refractivity (Wildman–Crippen MR) is 83.6 cm³/mol. The monoisotopic (exact) mass is 304 g/mol. The summed E-state index contributed by atoms with van der Waals surface area (Å²) < 4.78 is 5.66. The second-order valence-electron chi connectivity index (χ2n) is 6.26. The van der Waals surface area contributed by atoms with Crippen molar-refractivity contribution < 1.29 is 14.6 Å².